The first kappa shape index (κ1) is 67.8. The first-order valence-electron chi connectivity index (χ1n) is 33.1. The van der Waals surface area contributed by atoms with Crippen molar-refractivity contribution >= 4 is 73.9 Å². The minimum atomic E-state index is -1.02. The molecule has 4 aliphatic carbocycles. The van der Waals surface area contributed by atoms with E-state index in [0.717, 1.165) is 113 Å². The smallest absolute Gasteiger partial charge is 0.336 e. The molecule has 0 fully saturated rings. The van der Waals surface area contributed by atoms with Crippen LogP contribution >= 0.6 is 0 Å². The summed E-state index contributed by atoms with van der Waals surface area (Å²) < 4.78 is 26.9. The van der Waals surface area contributed by atoms with Crippen molar-refractivity contribution < 1.29 is 47.6 Å². The number of carbonyl (C=O) groups is 2. The third kappa shape index (κ3) is 13.8. The summed E-state index contributed by atoms with van der Waals surface area (Å²) in [6.45, 7) is 9.32. The molecular weight excluding hydrogens is 1290 g/mol. The first-order valence-corrected chi connectivity index (χ1v) is 33.1. The molecule has 0 spiro atoms. The molecule has 103 heavy (non-hydrogen) atoms. The summed E-state index contributed by atoms with van der Waals surface area (Å²) >= 11 is 0. The number of benzene rings is 11. The lowest BCUT2D eigenvalue weighted by Crippen LogP contribution is -2.21. The molecule has 0 radical (unpaired) electrons. The van der Waals surface area contributed by atoms with E-state index in [9.17, 15) is 29.9 Å². The second-order valence-corrected chi connectivity index (χ2v) is 24.7. The van der Waals surface area contributed by atoms with Gasteiger partial charge in [0, 0.05) is 127 Å². The van der Waals surface area contributed by atoms with Gasteiger partial charge in [-0.1, -0.05) is 146 Å². The number of aryl methyl sites for hydroxylation is 1. The van der Waals surface area contributed by atoms with Gasteiger partial charge >= 0.3 is 18.2 Å². The molecule has 0 amide bonds. The van der Waals surface area contributed by atoms with Gasteiger partial charge in [-0.3, -0.25) is 4.79 Å². The van der Waals surface area contributed by atoms with Gasteiger partial charge in [-0.05, 0) is 121 Å². The van der Waals surface area contributed by atoms with Gasteiger partial charge in [0.2, 0.25) is 5.75 Å². The quantitative estimate of drug-likeness (QED) is 0.0120. The van der Waals surface area contributed by atoms with E-state index >= 15 is 0 Å². The number of aldehydes is 1. The fraction of sp³-hybridized carbons (Fsp3) is 0.0698. The van der Waals surface area contributed by atoms with Crippen molar-refractivity contribution in [2.75, 3.05) is 29.1 Å². The number of carbonyl (C=O) groups excluding carboxylic acids is 1. The number of fused-ring (bicyclic) bond motifs is 8. The highest BCUT2D eigenvalue weighted by Gasteiger charge is 2.31. The lowest BCUT2D eigenvalue weighted by atomic mass is 9.75. The first-order chi connectivity index (χ1) is 49.9. The maximum absolute atomic E-state index is 11.7. The summed E-state index contributed by atoms with van der Waals surface area (Å²) in [7, 11) is 0. The number of nitrogen functional groups attached to an aromatic ring is 3. The van der Waals surface area contributed by atoms with Gasteiger partial charge in [0.15, 0.2) is 5.43 Å². The number of aromatic hydroxyl groups is 1. The standard InChI is InChI=1S/C27H27NO3.C20H14N2O3.C20H13NO4.C19H14N2O/c1-5-9-19-14-25-22(12-17(19)3)27(21-11-8-7-10-20(21)16-30-29)23-13-18(4)24(28-6-2)15-26(23)31-25;2*21-11-5-7-15-17(9-11)25-18-10-12(22)6-8-16(18)19(15)13-3-1-2-4-14(13)20(23)24;20-13-6-8-15-17(10-13)22-18-11-14(21)7-9-16(18)19(15)12-4-2-1-3-5-12/h7-16,28H,5-6H2,1-4H3;1-10,21H,22H2,(H,23,24);1-10H,21H2,(H,23,24);1-11,20H,21H2/q-2;;;/p+1/b19-9-;;;. The second-order valence-electron chi connectivity index (χ2n) is 24.7. The Balaban J connectivity index is 0.000000123. The Morgan fingerprint density at radius 3 is 1.60 bits per heavy atom. The summed E-state index contributed by atoms with van der Waals surface area (Å²) in [6.07, 6.45) is 8.84. The Bertz CT molecular complexity index is 5680. The predicted molar refractivity (Wildman–Crippen MR) is 404 cm³/mol. The number of carboxylic acid groups (broad SMARTS) is 2. The summed E-state index contributed by atoms with van der Waals surface area (Å²) in [5, 5.41) is 52.5. The van der Waals surface area contributed by atoms with Crippen LogP contribution < -0.4 is 43.9 Å². The zero-order valence-electron chi connectivity index (χ0n) is 56.4. The fourth-order valence-electron chi connectivity index (χ4n) is 13.2. The van der Waals surface area contributed by atoms with Gasteiger partial charge in [-0.15, -0.1) is 0 Å². The monoisotopic (exact) mass is 1360 g/mol. The molecule has 0 saturated carbocycles. The van der Waals surface area contributed by atoms with Gasteiger partial charge in [0.1, 0.15) is 39.8 Å². The highest BCUT2D eigenvalue weighted by Crippen LogP contribution is 2.51. The third-order valence-corrected chi connectivity index (χ3v) is 17.8. The Hall–Kier alpha value is -13.8. The highest BCUT2D eigenvalue weighted by atomic mass is 17.1. The lowest BCUT2D eigenvalue weighted by Gasteiger charge is -2.41. The molecule has 17 heteroatoms. The van der Waals surface area contributed by atoms with E-state index in [0.29, 0.717) is 78.5 Å². The topological polar surface area (TPSA) is 316 Å². The summed E-state index contributed by atoms with van der Waals surface area (Å²) in [4.78, 5) is 35.1. The highest BCUT2D eigenvalue weighted by molar-refractivity contribution is 6.10. The minimum absolute atomic E-state index is 0.180. The van der Waals surface area contributed by atoms with Gasteiger partial charge in [-0.2, -0.15) is 28.2 Å². The van der Waals surface area contributed by atoms with Crippen LogP contribution in [0.1, 0.15) is 74.7 Å². The number of carboxylic acids is 2. The number of rotatable bonds is 10. The van der Waals surface area contributed by atoms with Crippen LogP contribution in [0.4, 0.5) is 22.7 Å². The number of allylic oxidation sites excluding steroid dienone is 5. The Kier molecular flexibility index (Phi) is 19.0. The molecule has 0 atom stereocenters. The second kappa shape index (κ2) is 29.0. The SMILES string of the molecule is CC/C=C1/C=C2[OH+]c3cc(NCC)c(C)cc3[C-](c3ccccc3C=[O+][O-])C2=C[C-]1C.N=c1ccc2c(-c3ccccc3)c3ccc(N)cc3oc-2c1.N=c1ccc2c(-c3ccccc3C(=O)O)c3ccc(N)cc3oc-2c1.Nc1ccc2c(-c3ccccc3C(=O)O)c3ccc(=O)cc-3oc2c1. The number of hydrogen-bond acceptors (Lipinski definition) is 13. The van der Waals surface area contributed by atoms with Crippen LogP contribution in [0.3, 0.4) is 0 Å². The fourth-order valence-corrected chi connectivity index (χ4v) is 13.2. The van der Waals surface area contributed by atoms with Crippen LogP contribution in [-0.2, 0) is 0 Å². The minimum Gasteiger partial charge on any atom is -0.604 e. The van der Waals surface area contributed by atoms with E-state index in [4.69, 9.17) is 46.0 Å². The van der Waals surface area contributed by atoms with Crippen molar-refractivity contribution in [3.8, 4) is 73.1 Å². The van der Waals surface area contributed by atoms with Crippen LogP contribution in [0.25, 0.3) is 100 Å². The van der Waals surface area contributed by atoms with Crippen molar-refractivity contribution in [3.63, 3.8) is 0 Å². The maximum atomic E-state index is 11.7. The molecule has 12 N–H and O–H groups in total. The largest absolute Gasteiger partial charge is 0.604 e. The summed E-state index contributed by atoms with van der Waals surface area (Å²) in [6, 6.07) is 67.2. The predicted octanol–water partition coefficient (Wildman–Crippen LogP) is 17.1. The molecule has 16 rings (SSSR count). The molecular formula is C86H69N6O11-. The number of aromatic carboxylic acids is 2. The zero-order valence-corrected chi connectivity index (χ0v) is 56.4. The number of nitrogens with one attached hydrogen (secondary N) is 3. The van der Waals surface area contributed by atoms with Crippen LogP contribution in [0.15, 0.2) is 278 Å². The zero-order chi connectivity index (χ0) is 72.2. The van der Waals surface area contributed by atoms with E-state index in [1.165, 1.54) is 29.9 Å². The molecule has 0 unspecified atom stereocenters. The van der Waals surface area contributed by atoms with Crippen LogP contribution in [-0.4, -0.2) is 39.7 Å². The Morgan fingerprint density at radius 2 is 1.07 bits per heavy atom. The van der Waals surface area contributed by atoms with Crippen molar-refractivity contribution in [2.45, 2.75) is 34.1 Å². The number of aliphatic hydroxyl groups is 1. The van der Waals surface area contributed by atoms with Crippen molar-refractivity contribution in [3.05, 3.63) is 326 Å². The summed E-state index contributed by atoms with van der Waals surface area (Å²) in [5.41, 5.74) is 35.9. The van der Waals surface area contributed by atoms with Gasteiger partial charge < -0.3 is 66.8 Å². The van der Waals surface area contributed by atoms with Crippen molar-refractivity contribution in [1.29, 1.82) is 10.8 Å². The van der Waals surface area contributed by atoms with E-state index in [2.05, 4.69) is 80.1 Å². The number of nitrogens with two attached hydrogens (primary N) is 3. The van der Waals surface area contributed by atoms with Crippen molar-refractivity contribution in [2.24, 2.45) is 0 Å². The molecule has 4 aliphatic heterocycles. The van der Waals surface area contributed by atoms with E-state index in [1.54, 1.807) is 115 Å². The molecule has 17 nitrogen and oxygen atoms in total. The molecule has 4 heterocycles. The molecule has 8 aromatic rings. The summed E-state index contributed by atoms with van der Waals surface area (Å²) in [5.74, 6) is 3.73. The van der Waals surface area contributed by atoms with Crippen LogP contribution in [0.5, 0.6) is 5.75 Å². The number of anilines is 4. The normalized spacial score (nSPS) is 12.7. The van der Waals surface area contributed by atoms with E-state index in [-0.39, 0.29) is 16.6 Å². The van der Waals surface area contributed by atoms with Crippen LogP contribution in [0, 0.1) is 29.6 Å². The van der Waals surface area contributed by atoms with Gasteiger partial charge in [0.25, 0.3) is 0 Å². The molecule has 0 saturated heterocycles. The van der Waals surface area contributed by atoms with E-state index in [1.807, 2.05) is 72.8 Å². The van der Waals surface area contributed by atoms with Gasteiger partial charge in [-0.25, -0.2) is 9.59 Å². The Morgan fingerprint density at radius 1 is 0.573 bits per heavy atom. The number of ether oxygens (including phenoxy) is 1. The third-order valence-electron chi connectivity index (χ3n) is 17.8. The average molecular weight is 1360 g/mol. The molecule has 0 bridgehead atoms. The van der Waals surface area contributed by atoms with E-state index < -0.39 is 11.9 Å². The van der Waals surface area contributed by atoms with Gasteiger partial charge in [0.05, 0.1) is 21.8 Å². The maximum Gasteiger partial charge on any atom is 0.336 e. The van der Waals surface area contributed by atoms with Crippen molar-refractivity contribution in [1.82, 2.24) is 0 Å². The Labute approximate surface area is 591 Å². The van der Waals surface area contributed by atoms with Crippen LogP contribution in [0.2, 0.25) is 0 Å². The molecule has 8 aromatic carbocycles. The molecule has 0 aromatic heterocycles. The lowest BCUT2D eigenvalue weighted by molar-refractivity contribution is -0.935. The molecule has 8 aliphatic rings. The average Bonchev–Trinajstić information content (AvgIpc) is 0.654. The number of hydrogen-bond donors (Lipinski definition) is 8. The molecule has 510 valence electrons.